The van der Waals surface area contributed by atoms with Crippen LogP contribution in [0.1, 0.15) is 31.3 Å². The average molecular weight is 343 g/mol. The second-order valence-electron chi connectivity index (χ2n) is 3.49. The highest BCUT2D eigenvalue weighted by Gasteiger charge is 2.13. The van der Waals surface area contributed by atoms with Gasteiger partial charge in [0, 0.05) is 4.47 Å². The van der Waals surface area contributed by atoms with Crippen molar-refractivity contribution in [1.82, 2.24) is 9.97 Å². The maximum Gasteiger partial charge on any atom is 0.356 e. The van der Waals surface area contributed by atoms with Gasteiger partial charge in [-0.3, -0.25) is 0 Å². The molecular weight excluding hydrogens is 327 g/mol. The molecule has 6 heteroatoms. The van der Waals surface area contributed by atoms with Crippen LogP contribution in [0.2, 0.25) is 0 Å². The predicted molar refractivity (Wildman–Crippen MR) is 79.0 cm³/mol. The van der Waals surface area contributed by atoms with Crippen LogP contribution in [0.4, 0.5) is 4.39 Å². The number of H-pyrrole nitrogens is 1. The van der Waals surface area contributed by atoms with E-state index >= 15 is 0 Å². The van der Waals surface area contributed by atoms with E-state index in [2.05, 4.69) is 25.9 Å². The van der Waals surface area contributed by atoms with Crippen LogP contribution in [0.5, 0.6) is 0 Å². The van der Waals surface area contributed by atoms with Crippen LogP contribution in [-0.2, 0) is 4.74 Å². The SMILES string of the molecule is CC.CCOC(=O)c1cnc(-c2ccc(Br)cc2F)[nH]1. The summed E-state index contributed by atoms with van der Waals surface area (Å²) in [6.07, 6.45) is 1.33. The summed E-state index contributed by atoms with van der Waals surface area (Å²) < 4.78 is 19.1. The molecule has 0 radical (unpaired) electrons. The van der Waals surface area contributed by atoms with Gasteiger partial charge in [-0.15, -0.1) is 0 Å². The molecule has 0 atom stereocenters. The maximum atomic E-state index is 13.7. The Labute approximate surface area is 125 Å². The Balaban J connectivity index is 0.000000956. The number of esters is 1. The molecule has 0 aliphatic carbocycles. The number of carbonyl (C=O) groups excluding carboxylic acids is 1. The van der Waals surface area contributed by atoms with E-state index in [0.29, 0.717) is 15.9 Å². The smallest absolute Gasteiger partial charge is 0.356 e. The Bertz CT molecular complexity index is 584. The van der Waals surface area contributed by atoms with Gasteiger partial charge in [-0.2, -0.15) is 0 Å². The minimum Gasteiger partial charge on any atom is -0.461 e. The van der Waals surface area contributed by atoms with Crippen LogP contribution in [0.25, 0.3) is 11.4 Å². The highest BCUT2D eigenvalue weighted by atomic mass is 79.9. The van der Waals surface area contributed by atoms with Crippen molar-refractivity contribution in [3.63, 3.8) is 0 Å². The van der Waals surface area contributed by atoms with Gasteiger partial charge >= 0.3 is 5.97 Å². The molecular formula is C14H16BrFN2O2. The van der Waals surface area contributed by atoms with Crippen molar-refractivity contribution in [1.29, 1.82) is 0 Å². The highest BCUT2D eigenvalue weighted by molar-refractivity contribution is 9.10. The standard InChI is InChI=1S/C12H10BrFN2O2.C2H6/c1-2-18-12(17)10-6-15-11(16-10)8-4-3-7(13)5-9(8)14;1-2/h3-6H,2H2,1H3,(H,15,16);1-2H3. The number of nitrogens with one attached hydrogen (secondary N) is 1. The molecule has 2 rings (SSSR count). The van der Waals surface area contributed by atoms with E-state index in [1.165, 1.54) is 12.3 Å². The van der Waals surface area contributed by atoms with E-state index in [9.17, 15) is 9.18 Å². The molecule has 0 saturated carbocycles. The first-order valence-corrected chi connectivity index (χ1v) is 7.08. The number of hydrogen-bond acceptors (Lipinski definition) is 3. The van der Waals surface area contributed by atoms with E-state index in [-0.39, 0.29) is 12.3 Å². The van der Waals surface area contributed by atoms with Gasteiger partial charge in [0.25, 0.3) is 0 Å². The Kier molecular flexibility index (Phi) is 6.38. The van der Waals surface area contributed by atoms with E-state index in [1.807, 2.05) is 13.8 Å². The van der Waals surface area contributed by atoms with Crippen LogP contribution in [0.15, 0.2) is 28.9 Å². The lowest BCUT2D eigenvalue weighted by atomic mass is 10.2. The molecule has 0 spiro atoms. The zero-order chi connectivity index (χ0) is 15.1. The zero-order valence-corrected chi connectivity index (χ0v) is 13.1. The molecule has 4 nitrogen and oxygen atoms in total. The van der Waals surface area contributed by atoms with Gasteiger partial charge in [0.15, 0.2) is 0 Å². The number of carbonyl (C=O) groups is 1. The van der Waals surface area contributed by atoms with E-state index in [4.69, 9.17) is 4.74 Å². The Morgan fingerprint density at radius 3 is 2.75 bits per heavy atom. The average Bonchev–Trinajstić information content (AvgIpc) is 2.91. The summed E-state index contributed by atoms with van der Waals surface area (Å²) in [5, 5.41) is 0. The third-order valence-electron chi connectivity index (χ3n) is 2.26. The number of hydrogen-bond donors (Lipinski definition) is 1. The Morgan fingerprint density at radius 1 is 1.45 bits per heavy atom. The second kappa shape index (κ2) is 7.79. The molecule has 0 aliphatic heterocycles. The molecule has 0 saturated heterocycles. The lowest BCUT2D eigenvalue weighted by molar-refractivity contribution is 0.0520. The number of benzene rings is 1. The van der Waals surface area contributed by atoms with Gasteiger partial charge in [0.1, 0.15) is 17.3 Å². The van der Waals surface area contributed by atoms with Crippen molar-refractivity contribution in [3.05, 3.63) is 40.4 Å². The number of imidazole rings is 1. The van der Waals surface area contributed by atoms with Crippen LogP contribution < -0.4 is 0 Å². The normalized spacial score (nSPS) is 9.65. The lowest BCUT2D eigenvalue weighted by Gasteiger charge is -2.00. The molecule has 108 valence electrons. The molecule has 1 aromatic carbocycles. The van der Waals surface area contributed by atoms with Crippen molar-refractivity contribution in [2.75, 3.05) is 6.61 Å². The number of aromatic amines is 1. The van der Waals surface area contributed by atoms with E-state index in [0.717, 1.165) is 0 Å². The fraction of sp³-hybridized carbons (Fsp3) is 0.286. The summed E-state index contributed by atoms with van der Waals surface area (Å²) >= 11 is 3.17. The fourth-order valence-corrected chi connectivity index (χ4v) is 1.79. The largest absolute Gasteiger partial charge is 0.461 e. The minimum absolute atomic E-state index is 0.203. The fourth-order valence-electron chi connectivity index (χ4n) is 1.45. The van der Waals surface area contributed by atoms with Crippen molar-refractivity contribution >= 4 is 21.9 Å². The van der Waals surface area contributed by atoms with Gasteiger partial charge in [-0.25, -0.2) is 14.2 Å². The Hall–Kier alpha value is -1.69. The summed E-state index contributed by atoms with van der Waals surface area (Å²) in [4.78, 5) is 18.1. The van der Waals surface area contributed by atoms with Gasteiger partial charge < -0.3 is 9.72 Å². The van der Waals surface area contributed by atoms with Crippen molar-refractivity contribution in [2.45, 2.75) is 20.8 Å². The van der Waals surface area contributed by atoms with Crippen LogP contribution >= 0.6 is 15.9 Å². The third-order valence-corrected chi connectivity index (χ3v) is 2.75. The molecule has 0 amide bonds. The number of rotatable bonds is 3. The van der Waals surface area contributed by atoms with Gasteiger partial charge in [-0.05, 0) is 25.1 Å². The van der Waals surface area contributed by atoms with Crippen LogP contribution in [0.3, 0.4) is 0 Å². The number of nitrogens with zero attached hydrogens (tertiary/aromatic N) is 1. The first kappa shape index (κ1) is 16.4. The molecule has 0 aliphatic rings. The quantitative estimate of drug-likeness (QED) is 0.851. The number of ether oxygens (including phenoxy) is 1. The molecule has 20 heavy (non-hydrogen) atoms. The van der Waals surface area contributed by atoms with Crippen molar-refractivity contribution in [2.24, 2.45) is 0 Å². The van der Waals surface area contributed by atoms with Crippen LogP contribution in [0, 0.1) is 5.82 Å². The van der Waals surface area contributed by atoms with E-state index < -0.39 is 11.8 Å². The van der Waals surface area contributed by atoms with Gasteiger partial charge in [-0.1, -0.05) is 29.8 Å². The van der Waals surface area contributed by atoms with Crippen molar-refractivity contribution < 1.29 is 13.9 Å². The molecule has 1 heterocycles. The molecule has 2 aromatic rings. The number of aromatic nitrogens is 2. The Morgan fingerprint density at radius 2 is 2.15 bits per heavy atom. The number of halogens is 2. The summed E-state index contributed by atoms with van der Waals surface area (Å²) in [6.45, 7) is 5.99. The van der Waals surface area contributed by atoms with Crippen molar-refractivity contribution in [3.8, 4) is 11.4 Å². The topological polar surface area (TPSA) is 55.0 Å². The predicted octanol–water partition coefficient (Wildman–Crippen LogP) is 4.18. The molecule has 1 N–H and O–H groups in total. The summed E-state index contributed by atoms with van der Waals surface area (Å²) in [6, 6.07) is 4.61. The third kappa shape index (κ3) is 3.90. The summed E-state index contributed by atoms with van der Waals surface area (Å²) in [5.74, 6) is -0.633. The first-order valence-electron chi connectivity index (χ1n) is 6.29. The summed E-state index contributed by atoms with van der Waals surface area (Å²) in [7, 11) is 0. The van der Waals surface area contributed by atoms with E-state index in [1.54, 1.807) is 19.1 Å². The molecule has 1 aromatic heterocycles. The highest BCUT2D eigenvalue weighted by Crippen LogP contribution is 2.23. The second-order valence-corrected chi connectivity index (χ2v) is 4.41. The molecule has 0 unspecified atom stereocenters. The zero-order valence-electron chi connectivity index (χ0n) is 11.5. The van der Waals surface area contributed by atoms with Gasteiger partial charge in [0.05, 0.1) is 18.4 Å². The monoisotopic (exact) mass is 342 g/mol. The maximum absolute atomic E-state index is 13.7. The summed E-state index contributed by atoms with van der Waals surface area (Å²) in [5.41, 5.74) is 0.503. The van der Waals surface area contributed by atoms with Crippen LogP contribution in [-0.4, -0.2) is 22.5 Å². The van der Waals surface area contributed by atoms with Gasteiger partial charge in [0.2, 0.25) is 0 Å². The molecule has 0 bridgehead atoms. The molecule has 0 fully saturated rings. The minimum atomic E-state index is -0.506. The lowest BCUT2D eigenvalue weighted by Crippen LogP contribution is -2.04. The first-order chi connectivity index (χ1) is 9.61.